The van der Waals surface area contributed by atoms with Crippen molar-refractivity contribution in [3.63, 3.8) is 0 Å². The van der Waals surface area contributed by atoms with Crippen LogP contribution in [0.3, 0.4) is 0 Å². The van der Waals surface area contributed by atoms with Gasteiger partial charge in [0.05, 0.1) is 12.0 Å². The van der Waals surface area contributed by atoms with Crippen molar-refractivity contribution in [1.82, 2.24) is 4.90 Å². The van der Waals surface area contributed by atoms with Crippen molar-refractivity contribution in [3.8, 4) is 0 Å². The van der Waals surface area contributed by atoms with Crippen LogP contribution in [0.15, 0.2) is 37.5 Å². The van der Waals surface area contributed by atoms with Crippen LogP contribution in [-0.2, 0) is 9.59 Å². The summed E-state index contributed by atoms with van der Waals surface area (Å²) in [6.45, 7) is 14.0. The molecule has 19 heavy (non-hydrogen) atoms. The van der Waals surface area contributed by atoms with Crippen molar-refractivity contribution >= 4 is 19.9 Å². The topological polar surface area (TPSA) is 37.4 Å². The lowest BCUT2D eigenvalue weighted by atomic mass is 10.1. The molecular formula is C15H23NO2Si. The minimum Gasteiger partial charge on any atom is -0.274 e. The molecule has 1 fully saturated rings. The zero-order valence-corrected chi connectivity index (χ0v) is 13.1. The summed E-state index contributed by atoms with van der Waals surface area (Å²) in [6, 6.07) is 0.893. The third-order valence-electron chi connectivity index (χ3n) is 3.17. The Morgan fingerprint density at radius 1 is 1.42 bits per heavy atom. The second kappa shape index (κ2) is 6.15. The molecule has 1 heterocycles. The number of allylic oxidation sites excluding steroid dienone is 1. The second-order valence-corrected chi connectivity index (χ2v) is 11.6. The third kappa shape index (κ3) is 4.03. The molecule has 1 aliphatic rings. The summed E-state index contributed by atoms with van der Waals surface area (Å²) in [4.78, 5) is 25.2. The maximum atomic E-state index is 12.1. The van der Waals surface area contributed by atoms with Crippen LogP contribution in [0.1, 0.15) is 6.42 Å². The molecule has 2 amide bonds. The molecule has 0 unspecified atom stereocenters. The van der Waals surface area contributed by atoms with Crippen LogP contribution in [0.5, 0.6) is 0 Å². The van der Waals surface area contributed by atoms with Crippen molar-refractivity contribution in [2.45, 2.75) is 38.1 Å². The molecule has 0 radical (unpaired) electrons. The minimum absolute atomic E-state index is 0.155. The normalized spacial score (nSPS) is 23.9. The van der Waals surface area contributed by atoms with E-state index < -0.39 is 8.07 Å². The highest BCUT2D eigenvalue weighted by molar-refractivity contribution is 6.76. The van der Waals surface area contributed by atoms with Gasteiger partial charge in [0.2, 0.25) is 5.91 Å². The molecule has 0 aliphatic carbocycles. The lowest BCUT2D eigenvalue weighted by molar-refractivity contribution is -0.141. The highest BCUT2D eigenvalue weighted by Crippen LogP contribution is 2.27. The zero-order chi connectivity index (χ0) is 14.6. The molecular weight excluding hydrogens is 254 g/mol. The van der Waals surface area contributed by atoms with Gasteiger partial charge in [-0.15, -0.1) is 6.58 Å². The van der Waals surface area contributed by atoms with Gasteiger partial charge in [-0.05, 0) is 18.5 Å². The van der Waals surface area contributed by atoms with Gasteiger partial charge in [0.1, 0.15) is 0 Å². The highest BCUT2D eigenvalue weighted by atomic mass is 28.3. The van der Waals surface area contributed by atoms with Crippen molar-refractivity contribution in [2.24, 2.45) is 5.92 Å². The number of likely N-dealkylation sites (tertiary alicyclic amines) is 1. The van der Waals surface area contributed by atoms with Crippen molar-refractivity contribution in [2.75, 3.05) is 0 Å². The van der Waals surface area contributed by atoms with E-state index in [9.17, 15) is 9.59 Å². The fourth-order valence-electron chi connectivity index (χ4n) is 2.12. The SMILES string of the molecule is C=CC(=O)N1C(=O)[C@@H](C=C)C[C@H]1/C=C/C[Si](C)(C)C. The Labute approximate surface area is 116 Å². The van der Waals surface area contributed by atoms with E-state index >= 15 is 0 Å². The molecule has 0 aromatic rings. The first-order valence-electron chi connectivity index (χ1n) is 6.59. The molecule has 0 saturated carbocycles. The molecule has 1 saturated heterocycles. The molecule has 0 bridgehead atoms. The predicted octanol–water partition coefficient (Wildman–Crippen LogP) is 3.00. The van der Waals surface area contributed by atoms with Gasteiger partial charge in [-0.2, -0.15) is 0 Å². The first-order chi connectivity index (χ1) is 8.80. The highest BCUT2D eigenvalue weighted by Gasteiger charge is 2.39. The van der Waals surface area contributed by atoms with Crippen LogP contribution in [0.4, 0.5) is 0 Å². The Bertz CT molecular complexity index is 420. The van der Waals surface area contributed by atoms with E-state index in [1.165, 1.54) is 11.0 Å². The van der Waals surface area contributed by atoms with Gasteiger partial charge >= 0.3 is 0 Å². The number of nitrogens with zero attached hydrogens (tertiary/aromatic N) is 1. The summed E-state index contributed by atoms with van der Waals surface area (Å²) in [7, 11) is -1.14. The van der Waals surface area contributed by atoms with Gasteiger partial charge in [-0.1, -0.05) is 44.4 Å². The van der Waals surface area contributed by atoms with Crippen LogP contribution in [0.2, 0.25) is 25.7 Å². The molecule has 0 aromatic heterocycles. The first kappa shape index (κ1) is 15.6. The number of amides is 2. The molecule has 0 N–H and O–H groups in total. The number of carbonyl (C=O) groups excluding carboxylic acids is 2. The van der Waals surface area contributed by atoms with Crippen LogP contribution < -0.4 is 0 Å². The maximum absolute atomic E-state index is 12.1. The van der Waals surface area contributed by atoms with E-state index in [-0.39, 0.29) is 23.8 Å². The van der Waals surface area contributed by atoms with Gasteiger partial charge in [-0.3, -0.25) is 14.5 Å². The molecule has 1 rings (SSSR count). The fourth-order valence-corrected chi connectivity index (χ4v) is 2.96. The molecule has 3 nitrogen and oxygen atoms in total. The summed E-state index contributed by atoms with van der Waals surface area (Å²) in [5, 5.41) is 0. The second-order valence-electron chi connectivity index (χ2n) is 6.09. The van der Waals surface area contributed by atoms with Crippen molar-refractivity contribution in [3.05, 3.63) is 37.5 Å². The summed E-state index contributed by atoms with van der Waals surface area (Å²) < 4.78 is 0. The lowest BCUT2D eigenvalue weighted by Gasteiger charge is -2.19. The Kier molecular flexibility index (Phi) is 5.06. The van der Waals surface area contributed by atoms with E-state index in [4.69, 9.17) is 0 Å². The zero-order valence-electron chi connectivity index (χ0n) is 12.1. The van der Waals surface area contributed by atoms with Crippen molar-refractivity contribution < 1.29 is 9.59 Å². The van der Waals surface area contributed by atoms with Crippen LogP contribution >= 0.6 is 0 Å². The van der Waals surface area contributed by atoms with Gasteiger partial charge < -0.3 is 0 Å². The van der Waals surface area contributed by atoms with Gasteiger partial charge in [-0.25, -0.2) is 0 Å². The van der Waals surface area contributed by atoms with E-state index in [0.717, 1.165) is 6.04 Å². The first-order valence-corrected chi connectivity index (χ1v) is 10.3. The smallest absolute Gasteiger partial charge is 0.253 e. The molecule has 0 aromatic carbocycles. The van der Waals surface area contributed by atoms with E-state index in [0.29, 0.717) is 6.42 Å². The molecule has 104 valence electrons. The number of hydrogen-bond donors (Lipinski definition) is 0. The Balaban J connectivity index is 2.85. The summed E-state index contributed by atoms with van der Waals surface area (Å²) in [6.07, 6.45) is 7.55. The van der Waals surface area contributed by atoms with E-state index in [1.54, 1.807) is 6.08 Å². The summed E-state index contributed by atoms with van der Waals surface area (Å²) in [5.74, 6) is -0.745. The Morgan fingerprint density at radius 2 is 2.05 bits per heavy atom. The third-order valence-corrected chi connectivity index (χ3v) is 4.63. The quantitative estimate of drug-likeness (QED) is 0.440. The van der Waals surface area contributed by atoms with Gasteiger partial charge in [0.25, 0.3) is 5.91 Å². The monoisotopic (exact) mass is 277 g/mol. The maximum Gasteiger partial charge on any atom is 0.253 e. The summed E-state index contributed by atoms with van der Waals surface area (Å²) in [5.41, 5.74) is 0. The lowest BCUT2D eigenvalue weighted by Crippen LogP contribution is -2.37. The largest absolute Gasteiger partial charge is 0.274 e. The molecule has 0 spiro atoms. The summed E-state index contributed by atoms with van der Waals surface area (Å²) >= 11 is 0. The molecule has 2 atom stereocenters. The van der Waals surface area contributed by atoms with Gasteiger partial charge in [0.15, 0.2) is 0 Å². The van der Waals surface area contributed by atoms with Crippen molar-refractivity contribution in [1.29, 1.82) is 0 Å². The van der Waals surface area contributed by atoms with Crippen LogP contribution in [0, 0.1) is 5.92 Å². The van der Waals surface area contributed by atoms with E-state index in [1.807, 2.05) is 6.08 Å². The minimum atomic E-state index is -1.14. The van der Waals surface area contributed by atoms with Crippen LogP contribution in [-0.4, -0.2) is 30.8 Å². The standard InChI is InChI=1S/C15H23NO2Si/c1-6-12-11-13(9-8-10-19(3,4)5)16(15(12)18)14(17)7-2/h6-9,12-13H,1-2,10-11H2,3-5H3/b9-8+/t12-,13+/m0/s1. The van der Waals surface area contributed by atoms with E-state index in [2.05, 4.69) is 38.9 Å². The number of rotatable bonds is 5. The number of imide groups is 1. The average Bonchev–Trinajstić information content (AvgIpc) is 2.63. The number of hydrogen-bond acceptors (Lipinski definition) is 2. The Morgan fingerprint density at radius 3 is 2.53 bits per heavy atom. The van der Waals surface area contributed by atoms with Crippen LogP contribution in [0.25, 0.3) is 0 Å². The fraction of sp³-hybridized carbons (Fsp3) is 0.467. The van der Waals surface area contributed by atoms with Gasteiger partial charge in [0, 0.05) is 8.07 Å². The average molecular weight is 277 g/mol. The predicted molar refractivity (Wildman–Crippen MR) is 81.4 cm³/mol. The molecule has 1 aliphatic heterocycles. The number of carbonyl (C=O) groups is 2. The molecule has 4 heteroatoms. The Hall–Kier alpha value is -1.42.